The standard InChI is InChI=1S/C53H66N12O5S/c1-32-46(71-31-57-32)35-11-9-33(10-12-35)27-56-50(69)44-25-39(66)30-65(44)51(70)47(53(2,3)4)59-49(68)36-13-15-37(16-14-36)62-21-18-34(19-22-62)41-17-20-54-52(58-41)63-23-24-64-38(29-63)28-55-48-43(64)26-42(60-61-48)40-7-5-6-8-45(40)67/h5-12,17,20,26,31,34,36-39,44,47,66-67H,13-16,18-19,21-25,27-30H2,1-4H3,(H,55,61)(H,56,69)(H,59,68)/t36?,37?,38-,39-,44+,47-/m1/s1. The van der Waals surface area contributed by atoms with Crippen LogP contribution < -0.4 is 25.8 Å². The molecule has 4 fully saturated rings. The van der Waals surface area contributed by atoms with Crippen molar-refractivity contribution in [2.75, 3.05) is 60.9 Å². The molecule has 71 heavy (non-hydrogen) atoms. The average molecular weight is 983 g/mol. The number of β-amino-alcohol motifs (C(OH)–C–C–N with tert-alkyl or cyclic N) is 1. The van der Waals surface area contributed by atoms with Crippen molar-refractivity contribution >= 4 is 46.5 Å². The van der Waals surface area contributed by atoms with Gasteiger partial charge in [-0.2, -0.15) is 0 Å². The summed E-state index contributed by atoms with van der Waals surface area (Å²) in [5.74, 6) is 1.06. The third-order valence-corrected chi connectivity index (χ3v) is 16.4. The lowest BCUT2D eigenvalue weighted by Crippen LogP contribution is -2.58. The van der Waals surface area contributed by atoms with Crippen LogP contribution in [0.4, 0.5) is 17.5 Å². The highest BCUT2D eigenvalue weighted by atomic mass is 32.1. The molecule has 0 radical (unpaired) electrons. The number of hydrogen-bond donors (Lipinski definition) is 5. The summed E-state index contributed by atoms with van der Waals surface area (Å²) in [4.78, 5) is 66.1. The number of nitrogens with one attached hydrogen (secondary N) is 3. The van der Waals surface area contributed by atoms with Crippen LogP contribution >= 0.6 is 11.3 Å². The number of piperazine rings is 1. The molecule has 0 spiro atoms. The van der Waals surface area contributed by atoms with Crippen LogP contribution in [0.5, 0.6) is 5.75 Å². The molecule has 1 aliphatic carbocycles. The molecule has 7 heterocycles. The maximum absolute atomic E-state index is 14.3. The van der Waals surface area contributed by atoms with Gasteiger partial charge >= 0.3 is 0 Å². The van der Waals surface area contributed by atoms with Crippen molar-refractivity contribution < 1.29 is 24.6 Å². The van der Waals surface area contributed by atoms with Gasteiger partial charge in [-0.1, -0.05) is 57.2 Å². The Kier molecular flexibility index (Phi) is 14.0. The molecule has 374 valence electrons. The number of amides is 3. The number of aromatic nitrogens is 5. The predicted molar refractivity (Wildman–Crippen MR) is 274 cm³/mol. The van der Waals surface area contributed by atoms with Gasteiger partial charge in [0, 0.05) is 81.0 Å². The van der Waals surface area contributed by atoms with Gasteiger partial charge in [-0.25, -0.2) is 15.0 Å². The first kappa shape index (κ1) is 48.4. The molecule has 1 saturated carbocycles. The summed E-state index contributed by atoms with van der Waals surface area (Å²) in [6.07, 6.45) is 6.55. The van der Waals surface area contributed by atoms with Crippen LogP contribution in [0.3, 0.4) is 0 Å². The molecule has 5 aliphatic rings. The van der Waals surface area contributed by atoms with Gasteiger partial charge in [0.25, 0.3) is 0 Å². The zero-order valence-electron chi connectivity index (χ0n) is 41.1. The second kappa shape index (κ2) is 20.5. The number of thiazole rings is 1. The number of phenols is 1. The molecule has 0 bridgehead atoms. The van der Waals surface area contributed by atoms with E-state index in [1.165, 1.54) is 4.90 Å². The first-order valence-electron chi connectivity index (χ1n) is 25.3. The van der Waals surface area contributed by atoms with E-state index in [0.29, 0.717) is 23.2 Å². The van der Waals surface area contributed by atoms with Crippen LogP contribution in [0.25, 0.3) is 21.7 Å². The van der Waals surface area contributed by atoms with Gasteiger partial charge in [-0.3, -0.25) is 14.4 Å². The lowest BCUT2D eigenvalue weighted by molar-refractivity contribution is -0.144. The van der Waals surface area contributed by atoms with Crippen LogP contribution in [0.1, 0.15) is 88.6 Å². The maximum atomic E-state index is 14.3. The first-order valence-corrected chi connectivity index (χ1v) is 26.2. The van der Waals surface area contributed by atoms with E-state index in [9.17, 15) is 24.6 Å². The second-order valence-corrected chi connectivity index (χ2v) is 22.0. The summed E-state index contributed by atoms with van der Waals surface area (Å²) in [6.45, 7) is 13.1. The molecule has 2 aromatic carbocycles. The molecule has 3 aromatic heterocycles. The highest BCUT2D eigenvalue weighted by Gasteiger charge is 2.45. The van der Waals surface area contributed by atoms with Crippen LogP contribution in [0.2, 0.25) is 0 Å². The Morgan fingerprint density at radius 2 is 1.66 bits per heavy atom. The largest absolute Gasteiger partial charge is 0.507 e. The number of carbonyl (C=O) groups excluding carboxylic acids is 3. The molecule has 10 rings (SSSR count). The molecule has 5 N–H and O–H groups in total. The highest BCUT2D eigenvalue weighted by Crippen LogP contribution is 2.38. The third-order valence-electron chi connectivity index (χ3n) is 15.4. The van der Waals surface area contributed by atoms with E-state index in [4.69, 9.17) is 9.97 Å². The number of para-hydroxylation sites is 1. The Labute approximate surface area is 419 Å². The number of phenolic OH excluding ortho intramolecular Hbond substituents is 1. The van der Waals surface area contributed by atoms with Gasteiger partial charge in [0.1, 0.15) is 17.8 Å². The number of nitrogens with zero attached hydrogens (tertiary/aromatic N) is 9. The Balaban J connectivity index is 0.692. The van der Waals surface area contributed by atoms with Crippen molar-refractivity contribution in [3.63, 3.8) is 0 Å². The van der Waals surface area contributed by atoms with E-state index in [1.807, 2.05) is 81.9 Å². The van der Waals surface area contributed by atoms with Crippen LogP contribution in [-0.4, -0.2) is 139 Å². The summed E-state index contributed by atoms with van der Waals surface area (Å²) in [6, 6.07) is 18.2. The molecule has 17 nitrogen and oxygen atoms in total. The number of piperidine rings is 1. The van der Waals surface area contributed by atoms with E-state index in [0.717, 1.165) is 123 Å². The third kappa shape index (κ3) is 10.4. The molecular weight excluding hydrogens is 917 g/mol. The molecule has 5 aromatic rings. The summed E-state index contributed by atoms with van der Waals surface area (Å²) < 4.78 is 0. The minimum Gasteiger partial charge on any atom is -0.507 e. The average Bonchev–Trinajstić information content (AvgIpc) is 4.01. The van der Waals surface area contributed by atoms with E-state index in [1.54, 1.807) is 23.5 Å². The fraction of sp³-hybridized carbons (Fsp3) is 0.509. The Hall–Kier alpha value is -6.24. The summed E-state index contributed by atoms with van der Waals surface area (Å²) in [5, 5.41) is 39.7. The minimum atomic E-state index is -0.857. The lowest BCUT2D eigenvalue weighted by atomic mass is 9.81. The topological polar surface area (TPSA) is 205 Å². The molecule has 0 unspecified atom stereocenters. The SMILES string of the molecule is Cc1ncsc1-c1ccc(CNC(=O)[C@@H]2C[C@@H](O)CN2C(=O)[C@@H](NC(=O)C2CCC(N3CCC(c4ccnc(N5CCN6c7cc(-c8ccccc8O)nnc7NC[C@@H]6C5)n4)CC3)CC2)C(C)(C)C)cc1. The van der Waals surface area contributed by atoms with E-state index >= 15 is 0 Å². The first-order chi connectivity index (χ1) is 34.3. The maximum Gasteiger partial charge on any atom is 0.246 e. The number of aromatic hydroxyl groups is 1. The van der Waals surface area contributed by atoms with Gasteiger partial charge < -0.3 is 45.8 Å². The van der Waals surface area contributed by atoms with Crippen LogP contribution in [0, 0.1) is 18.3 Å². The number of benzene rings is 2. The smallest absolute Gasteiger partial charge is 0.246 e. The fourth-order valence-corrected chi connectivity index (χ4v) is 12.1. The van der Waals surface area contributed by atoms with Gasteiger partial charge in [0.05, 0.1) is 39.6 Å². The number of aliphatic hydroxyl groups excluding tert-OH is 1. The highest BCUT2D eigenvalue weighted by molar-refractivity contribution is 7.13. The summed E-state index contributed by atoms with van der Waals surface area (Å²) in [7, 11) is 0. The van der Waals surface area contributed by atoms with Gasteiger partial charge in [0.15, 0.2) is 5.82 Å². The van der Waals surface area contributed by atoms with Crippen molar-refractivity contribution in [2.24, 2.45) is 11.3 Å². The van der Waals surface area contributed by atoms with Crippen molar-refractivity contribution in [3.8, 4) is 27.4 Å². The van der Waals surface area contributed by atoms with Crippen LogP contribution in [0.15, 0.2) is 72.4 Å². The Morgan fingerprint density at radius 1 is 0.887 bits per heavy atom. The van der Waals surface area contributed by atoms with E-state index in [2.05, 4.69) is 51.9 Å². The molecule has 18 heteroatoms. The minimum absolute atomic E-state index is 0.0373. The molecule has 4 aliphatic heterocycles. The Morgan fingerprint density at radius 3 is 2.39 bits per heavy atom. The Bertz CT molecular complexity index is 2710. The van der Waals surface area contributed by atoms with Gasteiger partial charge in [0.2, 0.25) is 23.7 Å². The van der Waals surface area contributed by atoms with Gasteiger partial charge in [-0.05, 0) is 99.3 Å². The molecule has 4 atom stereocenters. The van der Waals surface area contributed by atoms with E-state index in [-0.39, 0.29) is 54.9 Å². The van der Waals surface area contributed by atoms with Crippen molar-refractivity contribution in [1.29, 1.82) is 0 Å². The number of rotatable bonds is 11. The zero-order valence-corrected chi connectivity index (χ0v) is 41.9. The predicted octanol–water partition coefficient (Wildman–Crippen LogP) is 5.74. The van der Waals surface area contributed by atoms with Crippen molar-refractivity contribution in [2.45, 2.75) is 115 Å². The second-order valence-electron chi connectivity index (χ2n) is 21.1. The van der Waals surface area contributed by atoms with Crippen LogP contribution in [-0.2, 0) is 20.9 Å². The van der Waals surface area contributed by atoms with E-state index < -0.39 is 23.6 Å². The van der Waals surface area contributed by atoms with Crippen molar-refractivity contribution in [1.82, 2.24) is 45.6 Å². The molecular formula is C53H66N12O5S. The monoisotopic (exact) mass is 982 g/mol. The zero-order chi connectivity index (χ0) is 49.4. The number of aliphatic hydroxyl groups is 1. The summed E-state index contributed by atoms with van der Waals surface area (Å²) >= 11 is 1.59. The quantitative estimate of drug-likeness (QED) is 0.107. The molecule has 3 saturated heterocycles. The van der Waals surface area contributed by atoms with Gasteiger partial charge in [-0.15, -0.1) is 21.5 Å². The lowest BCUT2D eigenvalue weighted by Gasteiger charge is -2.45. The normalized spacial score (nSPS) is 23.3. The number of hydrogen-bond acceptors (Lipinski definition) is 15. The number of anilines is 3. The summed E-state index contributed by atoms with van der Waals surface area (Å²) in [5.41, 5.74) is 7.55. The number of carbonyl (C=O) groups is 3. The number of fused-ring (bicyclic) bond motifs is 3. The fourth-order valence-electron chi connectivity index (χ4n) is 11.3. The number of aryl methyl sites for hydroxylation is 1. The molecule has 3 amide bonds. The van der Waals surface area contributed by atoms with Crippen molar-refractivity contribution in [3.05, 3.63) is 89.3 Å². The number of likely N-dealkylation sites (tertiary alicyclic amines) is 2.